The number of morpholine rings is 1. The number of ether oxygens (including phenoxy) is 1. The Labute approximate surface area is 241 Å². The van der Waals surface area contributed by atoms with E-state index >= 15 is 0 Å². The highest BCUT2D eigenvalue weighted by Gasteiger charge is 2.41. The van der Waals surface area contributed by atoms with Crippen LogP contribution < -0.4 is 10.7 Å². The summed E-state index contributed by atoms with van der Waals surface area (Å²) < 4.78 is 35.4. The lowest BCUT2D eigenvalue weighted by Gasteiger charge is -2.43. The number of piperazine rings is 1. The highest BCUT2D eigenvalue weighted by molar-refractivity contribution is 8.03. The molecular formula is C26H30N6O5S3. The fourth-order valence-corrected chi connectivity index (χ4v) is 9.31. The first kappa shape index (κ1) is 27.2. The summed E-state index contributed by atoms with van der Waals surface area (Å²) >= 11 is 2.78. The smallest absolute Gasteiger partial charge is 0.339 e. The van der Waals surface area contributed by atoms with E-state index in [2.05, 4.69) is 16.7 Å². The fraction of sp³-hybridized carbons (Fsp3) is 0.462. The number of carbonyl (C=O) groups excluding carboxylic acids is 2. The number of sulfonamides is 1. The summed E-state index contributed by atoms with van der Waals surface area (Å²) in [6.07, 6.45) is 6.26. The summed E-state index contributed by atoms with van der Waals surface area (Å²) in [5, 5.41) is 6.62. The molecule has 4 aliphatic heterocycles. The molecule has 0 spiro atoms. The molecule has 6 rings (SSSR count). The quantitative estimate of drug-likeness (QED) is 0.508. The number of rotatable bonds is 4. The largest absolute Gasteiger partial charge is 0.378 e. The molecule has 2 N–H and O–H groups in total. The van der Waals surface area contributed by atoms with Crippen LogP contribution in [0, 0.1) is 12.3 Å². The number of urea groups is 1. The molecule has 2 fully saturated rings. The van der Waals surface area contributed by atoms with Gasteiger partial charge in [-0.25, -0.2) is 18.2 Å². The van der Waals surface area contributed by atoms with Crippen molar-refractivity contribution in [3.05, 3.63) is 40.6 Å². The van der Waals surface area contributed by atoms with Crippen molar-refractivity contribution < 1.29 is 22.7 Å². The molecule has 0 saturated carbocycles. The molecule has 212 valence electrons. The number of thiophene rings is 1. The van der Waals surface area contributed by atoms with Crippen molar-refractivity contribution in [1.82, 2.24) is 29.9 Å². The maximum absolute atomic E-state index is 13.8. The van der Waals surface area contributed by atoms with E-state index in [9.17, 15) is 18.0 Å². The third kappa shape index (κ3) is 5.24. The van der Waals surface area contributed by atoms with Gasteiger partial charge in [0.15, 0.2) is 0 Å². The third-order valence-electron chi connectivity index (χ3n) is 7.55. The number of hydrazine groups is 1. The molecule has 40 heavy (non-hydrogen) atoms. The van der Waals surface area contributed by atoms with Gasteiger partial charge in [-0.3, -0.25) is 10.2 Å². The van der Waals surface area contributed by atoms with Crippen LogP contribution in [-0.2, 0) is 19.6 Å². The van der Waals surface area contributed by atoms with Gasteiger partial charge in [0.1, 0.15) is 9.24 Å². The molecule has 14 heteroatoms. The SMILES string of the molecule is C#Cc1ccc2cc(S(=O)(=O)N3CCN(C(=O)N4CCC5=C(N4)SCN5)C(CC(=O)N4CCOCC4)C3)sc2c1. The van der Waals surface area contributed by atoms with Crippen molar-refractivity contribution in [2.75, 3.05) is 58.4 Å². The van der Waals surface area contributed by atoms with E-state index in [1.165, 1.54) is 15.6 Å². The predicted octanol–water partition coefficient (Wildman–Crippen LogP) is 1.60. The molecule has 1 atom stereocenters. The molecule has 0 aliphatic carbocycles. The van der Waals surface area contributed by atoms with Gasteiger partial charge in [0.25, 0.3) is 10.0 Å². The molecule has 0 radical (unpaired) electrons. The van der Waals surface area contributed by atoms with Gasteiger partial charge in [-0.2, -0.15) is 4.31 Å². The Kier molecular flexibility index (Phi) is 7.58. The predicted molar refractivity (Wildman–Crippen MR) is 154 cm³/mol. The molecule has 1 aromatic heterocycles. The Morgan fingerprint density at radius 1 is 1.12 bits per heavy atom. The minimum atomic E-state index is -3.85. The van der Waals surface area contributed by atoms with E-state index in [1.54, 1.807) is 38.7 Å². The zero-order chi connectivity index (χ0) is 27.9. The first-order valence-electron chi connectivity index (χ1n) is 13.1. The zero-order valence-electron chi connectivity index (χ0n) is 21.8. The number of nitrogens with zero attached hydrogens (tertiary/aromatic N) is 4. The van der Waals surface area contributed by atoms with Crippen LogP contribution >= 0.6 is 23.1 Å². The van der Waals surface area contributed by atoms with Crippen LogP contribution in [0.5, 0.6) is 0 Å². The molecule has 5 heterocycles. The van der Waals surface area contributed by atoms with Gasteiger partial charge in [-0.05, 0) is 23.6 Å². The molecular weight excluding hydrogens is 573 g/mol. The minimum Gasteiger partial charge on any atom is -0.378 e. The van der Waals surface area contributed by atoms with Crippen LogP contribution in [0.1, 0.15) is 18.4 Å². The summed E-state index contributed by atoms with van der Waals surface area (Å²) in [4.78, 5) is 30.4. The molecule has 11 nitrogen and oxygen atoms in total. The van der Waals surface area contributed by atoms with Crippen LogP contribution in [0.25, 0.3) is 10.1 Å². The second-order valence-corrected chi connectivity index (χ2v) is 14.2. The number of hydrogen-bond donors (Lipinski definition) is 2. The Hall–Kier alpha value is -2.96. The summed E-state index contributed by atoms with van der Waals surface area (Å²) in [6.45, 7) is 2.73. The highest BCUT2D eigenvalue weighted by atomic mass is 32.2. The summed E-state index contributed by atoms with van der Waals surface area (Å²) in [6, 6.07) is 6.23. The van der Waals surface area contributed by atoms with E-state index < -0.39 is 16.1 Å². The van der Waals surface area contributed by atoms with Gasteiger partial charge < -0.3 is 19.9 Å². The standard InChI is InChI=1S/C26H30N6O5S3/c1-2-18-3-4-19-14-24(39-22(19)13-18)40(35,36)30-7-8-31(20(16-30)15-23(33)29-9-11-37-12-10-29)26(34)32-6-5-21-25(28-32)38-17-27-21/h1,3-4,13-14,20,27-28H,5-12,15-17H2. The lowest BCUT2D eigenvalue weighted by atomic mass is 10.1. The van der Waals surface area contributed by atoms with Crippen molar-refractivity contribution in [2.24, 2.45) is 0 Å². The molecule has 3 amide bonds. The monoisotopic (exact) mass is 602 g/mol. The van der Waals surface area contributed by atoms with Crippen LogP contribution in [0.4, 0.5) is 4.79 Å². The van der Waals surface area contributed by atoms with Crippen LogP contribution in [0.15, 0.2) is 39.2 Å². The van der Waals surface area contributed by atoms with Gasteiger partial charge >= 0.3 is 6.03 Å². The Balaban J connectivity index is 1.24. The number of nitrogens with one attached hydrogen (secondary N) is 2. The topological polar surface area (TPSA) is 115 Å². The van der Waals surface area contributed by atoms with E-state index in [0.717, 1.165) is 26.7 Å². The van der Waals surface area contributed by atoms with Gasteiger partial charge in [-0.15, -0.1) is 17.8 Å². The average Bonchev–Trinajstić information content (AvgIpc) is 3.64. The number of terminal acetylenes is 1. The molecule has 0 bridgehead atoms. The van der Waals surface area contributed by atoms with Gasteiger partial charge in [0, 0.05) is 68.1 Å². The van der Waals surface area contributed by atoms with Crippen molar-refractivity contribution in [3.63, 3.8) is 0 Å². The van der Waals surface area contributed by atoms with Crippen molar-refractivity contribution in [3.8, 4) is 12.3 Å². The second-order valence-electron chi connectivity index (χ2n) is 9.94. The van der Waals surface area contributed by atoms with Crippen LogP contribution in [-0.4, -0.2) is 104 Å². The lowest BCUT2D eigenvalue weighted by Crippen LogP contribution is -2.62. The van der Waals surface area contributed by atoms with Crippen molar-refractivity contribution >= 4 is 55.1 Å². The van der Waals surface area contributed by atoms with E-state index in [-0.39, 0.29) is 42.2 Å². The zero-order valence-corrected chi connectivity index (χ0v) is 24.2. The maximum atomic E-state index is 13.8. The maximum Gasteiger partial charge on any atom is 0.339 e. The van der Waals surface area contributed by atoms with Crippen molar-refractivity contribution in [1.29, 1.82) is 0 Å². The fourth-order valence-electron chi connectivity index (χ4n) is 5.33. The van der Waals surface area contributed by atoms with E-state index in [4.69, 9.17) is 11.2 Å². The molecule has 2 saturated heterocycles. The summed E-state index contributed by atoms with van der Waals surface area (Å²) in [7, 11) is -3.85. The average molecular weight is 603 g/mol. The number of fused-ring (bicyclic) bond motifs is 1. The first-order valence-corrected chi connectivity index (χ1v) is 16.4. The molecule has 2 aromatic rings. The number of benzene rings is 1. The summed E-state index contributed by atoms with van der Waals surface area (Å²) in [5.74, 6) is 3.23. The van der Waals surface area contributed by atoms with Gasteiger partial charge in [-0.1, -0.05) is 23.7 Å². The highest BCUT2D eigenvalue weighted by Crippen LogP contribution is 2.33. The van der Waals surface area contributed by atoms with Crippen LogP contribution in [0.3, 0.4) is 0 Å². The number of carbonyl (C=O) groups is 2. The molecule has 1 aromatic carbocycles. The molecule has 4 aliphatic rings. The number of thioether (sulfide) groups is 1. The van der Waals surface area contributed by atoms with E-state index in [0.29, 0.717) is 44.8 Å². The van der Waals surface area contributed by atoms with Gasteiger partial charge in [0.05, 0.1) is 25.1 Å². The Morgan fingerprint density at radius 3 is 2.75 bits per heavy atom. The first-order chi connectivity index (χ1) is 19.3. The summed E-state index contributed by atoms with van der Waals surface area (Å²) in [5.41, 5.74) is 4.99. The number of amides is 3. The van der Waals surface area contributed by atoms with Crippen LogP contribution in [0.2, 0.25) is 0 Å². The minimum absolute atomic E-state index is 0.0338. The Bertz CT molecular complexity index is 1510. The lowest BCUT2D eigenvalue weighted by molar-refractivity contribution is -0.136. The van der Waals surface area contributed by atoms with E-state index in [1.807, 2.05) is 12.1 Å². The number of hydrogen-bond acceptors (Lipinski definition) is 9. The second kappa shape index (κ2) is 11.1. The normalized spacial score (nSPS) is 22.1. The third-order valence-corrected chi connectivity index (χ3v) is 11.9. The molecule has 1 unspecified atom stereocenters. The van der Waals surface area contributed by atoms with Crippen molar-refractivity contribution in [2.45, 2.75) is 23.1 Å². The Morgan fingerprint density at radius 2 is 1.95 bits per heavy atom. The van der Waals surface area contributed by atoms with Gasteiger partial charge in [0.2, 0.25) is 5.91 Å².